The van der Waals surface area contributed by atoms with E-state index in [1.807, 2.05) is 85.2 Å². The van der Waals surface area contributed by atoms with Gasteiger partial charge in [-0.25, -0.2) is 13.4 Å². The van der Waals surface area contributed by atoms with Crippen LogP contribution in [0.2, 0.25) is 0 Å². The molecule has 5 rings (SSSR count). The van der Waals surface area contributed by atoms with E-state index < -0.39 is 10.0 Å². The number of nitrogens with one attached hydrogen (secondary N) is 1. The van der Waals surface area contributed by atoms with Gasteiger partial charge in [0.25, 0.3) is 0 Å². The number of aryl methyl sites for hydroxylation is 2. The number of hydrogen-bond acceptors (Lipinski definition) is 4. The molecule has 1 N–H and O–H groups in total. The van der Waals surface area contributed by atoms with Gasteiger partial charge in [0, 0.05) is 42.7 Å². The summed E-state index contributed by atoms with van der Waals surface area (Å²) < 4.78 is 29.7. The van der Waals surface area contributed by atoms with Gasteiger partial charge in [-0.05, 0) is 62.6 Å². The summed E-state index contributed by atoms with van der Waals surface area (Å²) >= 11 is 0. The summed E-state index contributed by atoms with van der Waals surface area (Å²) in [5.41, 5.74) is 5.21. The fourth-order valence-electron chi connectivity index (χ4n) is 4.63. The lowest BCUT2D eigenvalue weighted by atomic mass is 9.97. The third-order valence-electron chi connectivity index (χ3n) is 6.59. The minimum Gasteiger partial charge on any atom is -0.326 e. The summed E-state index contributed by atoms with van der Waals surface area (Å²) in [4.78, 5) is 17.8. The minimum atomic E-state index is -3.56. The number of rotatable bonds is 5. The molecule has 1 saturated heterocycles. The lowest BCUT2D eigenvalue weighted by Crippen LogP contribution is -2.41. The zero-order valence-electron chi connectivity index (χ0n) is 19.8. The van der Waals surface area contributed by atoms with Crippen LogP contribution in [0.25, 0.3) is 16.9 Å². The monoisotopic (exact) mass is 488 g/mol. The van der Waals surface area contributed by atoms with Crippen LogP contribution in [0, 0.1) is 19.8 Å². The molecule has 0 spiro atoms. The van der Waals surface area contributed by atoms with E-state index in [1.165, 1.54) is 4.31 Å². The minimum absolute atomic E-state index is 0.0750. The number of sulfonamides is 1. The number of fused-ring (bicyclic) bond motifs is 1. The Kier molecular flexibility index (Phi) is 6.17. The molecule has 8 heteroatoms. The second-order valence-electron chi connectivity index (χ2n) is 9.11. The molecule has 180 valence electrons. The van der Waals surface area contributed by atoms with Gasteiger partial charge in [0.05, 0.1) is 10.6 Å². The Morgan fingerprint density at radius 1 is 1.00 bits per heavy atom. The molecule has 7 nitrogen and oxygen atoms in total. The van der Waals surface area contributed by atoms with Gasteiger partial charge in [0.15, 0.2) is 0 Å². The van der Waals surface area contributed by atoms with Crippen LogP contribution in [-0.4, -0.2) is 41.1 Å². The maximum absolute atomic E-state index is 13.1. The number of carbonyl (C=O) groups excluding carboxylic acids is 1. The van der Waals surface area contributed by atoms with Crippen molar-refractivity contribution in [3.63, 3.8) is 0 Å². The smallest absolute Gasteiger partial charge is 0.243 e. The molecule has 0 saturated carbocycles. The van der Waals surface area contributed by atoms with Crippen molar-refractivity contribution in [2.75, 3.05) is 18.4 Å². The predicted octanol–water partition coefficient (Wildman–Crippen LogP) is 4.66. The number of aromatic nitrogens is 2. The zero-order valence-corrected chi connectivity index (χ0v) is 20.6. The maximum Gasteiger partial charge on any atom is 0.243 e. The SMILES string of the molecule is Cc1ccc(S(=O)(=O)N2CCC(C(=O)Nc3ccc(-c4cn5ccccc5n4)cc3)CC2)c(C)c1. The van der Waals surface area contributed by atoms with Gasteiger partial charge >= 0.3 is 0 Å². The van der Waals surface area contributed by atoms with Crippen LogP contribution in [-0.2, 0) is 14.8 Å². The Labute approximate surface area is 205 Å². The molecule has 3 heterocycles. The standard InChI is InChI=1S/C27H28N4O3S/c1-19-6-11-25(20(2)17-19)35(33,34)31-15-12-22(13-16-31)27(32)28-23-9-7-21(8-10-23)24-18-30-14-4-3-5-26(30)29-24/h3-11,14,17-18,22H,12-13,15-16H2,1-2H3,(H,28,32). The van der Waals surface area contributed by atoms with Gasteiger partial charge in [-0.2, -0.15) is 4.31 Å². The van der Waals surface area contributed by atoms with Crippen molar-refractivity contribution in [2.24, 2.45) is 5.92 Å². The van der Waals surface area contributed by atoms with Crippen molar-refractivity contribution in [2.45, 2.75) is 31.6 Å². The highest BCUT2D eigenvalue weighted by Gasteiger charge is 2.32. The van der Waals surface area contributed by atoms with Crippen LogP contribution in [0.1, 0.15) is 24.0 Å². The molecular formula is C27H28N4O3S. The molecule has 0 atom stereocenters. The maximum atomic E-state index is 13.1. The number of benzene rings is 2. The van der Waals surface area contributed by atoms with Crippen molar-refractivity contribution in [1.82, 2.24) is 13.7 Å². The van der Waals surface area contributed by atoms with Crippen LogP contribution in [0.3, 0.4) is 0 Å². The van der Waals surface area contributed by atoms with E-state index in [4.69, 9.17) is 0 Å². The number of pyridine rings is 1. The van der Waals surface area contributed by atoms with Gasteiger partial charge in [0.1, 0.15) is 5.65 Å². The van der Waals surface area contributed by atoms with Crippen molar-refractivity contribution in [3.05, 3.63) is 84.2 Å². The highest BCUT2D eigenvalue weighted by Crippen LogP contribution is 2.27. The first-order valence-corrected chi connectivity index (χ1v) is 13.2. The predicted molar refractivity (Wildman–Crippen MR) is 137 cm³/mol. The molecule has 1 aliphatic heterocycles. The number of anilines is 1. The Bertz CT molecular complexity index is 1450. The molecule has 4 aromatic rings. The number of hydrogen-bond donors (Lipinski definition) is 1. The van der Waals surface area contributed by atoms with E-state index in [1.54, 1.807) is 6.07 Å². The molecule has 1 fully saturated rings. The van der Waals surface area contributed by atoms with Crippen LogP contribution in [0.15, 0.2) is 78.0 Å². The van der Waals surface area contributed by atoms with Gasteiger partial charge in [-0.15, -0.1) is 0 Å². The van der Waals surface area contributed by atoms with Gasteiger partial charge in [-0.1, -0.05) is 35.9 Å². The lowest BCUT2D eigenvalue weighted by Gasteiger charge is -2.31. The summed E-state index contributed by atoms with van der Waals surface area (Å²) in [7, 11) is -3.56. The van der Waals surface area contributed by atoms with Crippen molar-refractivity contribution >= 4 is 27.3 Å². The van der Waals surface area contributed by atoms with Crippen molar-refractivity contribution in [1.29, 1.82) is 0 Å². The zero-order chi connectivity index (χ0) is 24.6. The number of carbonyl (C=O) groups is 1. The first-order valence-electron chi connectivity index (χ1n) is 11.7. The van der Waals surface area contributed by atoms with E-state index in [-0.39, 0.29) is 11.8 Å². The summed E-state index contributed by atoms with van der Waals surface area (Å²) in [6.45, 7) is 4.43. The van der Waals surface area contributed by atoms with E-state index in [0.717, 1.165) is 28.0 Å². The van der Waals surface area contributed by atoms with Crippen LogP contribution in [0.4, 0.5) is 5.69 Å². The topological polar surface area (TPSA) is 83.8 Å². The highest BCUT2D eigenvalue weighted by atomic mass is 32.2. The van der Waals surface area contributed by atoms with E-state index in [2.05, 4.69) is 10.3 Å². The Morgan fingerprint density at radius 2 is 1.74 bits per heavy atom. The first-order chi connectivity index (χ1) is 16.8. The molecule has 0 aliphatic carbocycles. The Hall–Kier alpha value is -3.49. The van der Waals surface area contributed by atoms with Crippen molar-refractivity contribution < 1.29 is 13.2 Å². The fraction of sp³-hybridized carbons (Fsp3) is 0.259. The third kappa shape index (κ3) is 4.72. The second-order valence-corrected chi connectivity index (χ2v) is 11.0. The molecule has 2 aromatic heterocycles. The number of imidazole rings is 1. The average Bonchev–Trinajstić information content (AvgIpc) is 3.29. The van der Waals surface area contributed by atoms with E-state index in [9.17, 15) is 13.2 Å². The molecule has 1 amide bonds. The largest absolute Gasteiger partial charge is 0.326 e. The normalized spacial score (nSPS) is 15.4. The van der Waals surface area contributed by atoms with E-state index in [0.29, 0.717) is 36.5 Å². The molecule has 0 unspecified atom stereocenters. The molecule has 0 bridgehead atoms. The fourth-order valence-corrected chi connectivity index (χ4v) is 6.30. The van der Waals surface area contributed by atoms with Gasteiger partial charge in [-0.3, -0.25) is 4.79 Å². The summed E-state index contributed by atoms with van der Waals surface area (Å²) in [6.07, 6.45) is 4.92. The van der Waals surface area contributed by atoms with Crippen LogP contribution >= 0.6 is 0 Å². The van der Waals surface area contributed by atoms with E-state index >= 15 is 0 Å². The van der Waals surface area contributed by atoms with Gasteiger partial charge in [0.2, 0.25) is 15.9 Å². The van der Waals surface area contributed by atoms with Crippen molar-refractivity contribution in [3.8, 4) is 11.3 Å². The Balaban J connectivity index is 1.20. The summed E-state index contributed by atoms with van der Waals surface area (Å²) in [5.74, 6) is -0.298. The molecule has 2 aromatic carbocycles. The third-order valence-corrected chi connectivity index (χ3v) is 8.64. The summed E-state index contributed by atoms with van der Waals surface area (Å²) in [6, 6.07) is 18.9. The van der Waals surface area contributed by atoms with Gasteiger partial charge < -0.3 is 9.72 Å². The quantitative estimate of drug-likeness (QED) is 0.443. The second kappa shape index (κ2) is 9.28. The highest BCUT2D eigenvalue weighted by molar-refractivity contribution is 7.89. The molecule has 35 heavy (non-hydrogen) atoms. The average molecular weight is 489 g/mol. The van der Waals surface area contributed by atoms with Crippen LogP contribution < -0.4 is 5.32 Å². The first kappa shape index (κ1) is 23.3. The molecule has 0 radical (unpaired) electrons. The summed E-state index contributed by atoms with van der Waals surface area (Å²) in [5, 5.41) is 2.98. The number of piperidine rings is 1. The lowest BCUT2D eigenvalue weighted by molar-refractivity contribution is -0.120. The molecular weight excluding hydrogens is 460 g/mol. The molecule has 1 aliphatic rings. The number of amides is 1. The van der Waals surface area contributed by atoms with Crippen LogP contribution in [0.5, 0.6) is 0 Å². The Morgan fingerprint density at radius 3 is 2.43 bits per heavy atom. The number of nitrogens with zero attached hydrogens (tertiary/aromatic N) is 3.